The number of aromatic amines is 2. The third-order valence-corrected chi connectivity index (χ3v) is 4.78. The van der Waals surface area contributed by atoms with E-state index in [0.29, 0.717) is 35.8 Å². The Morgan fingerprint density at radius 1 is 1.31 bits per heavy atom. The van der Waals surface area contributed by atoms with Crippen LogP contribution in [0.2, 0.25) is 0 Å². The Morgan fingerprint density at radius 2 is 2.15 bits per heavy atom. The lowest BCUT2D eigenvalue weighted by atomic mass is 9.98. The molecule has 1 aliphatic heterocycles. The molecule has 134 valence electrons. The van der Waals surface area contributed by atoms with Crippen LogP contribution < -0.4 is 0 Å². The van der Waals surface area contributed by atoms with E-state index in [0.717, 1.165) is 23.4 Å². The SMILES string of the molecule is CC(C)c1n[nH]c2c1CN(C(=O)c1cn[nH]c1-c1cccc(F)c1)CC2. The van der Waals surface area contributed by atoms with Crippen molar-refractivity contribution in [2.24, 2.45) is 0 Å². The summed E-state index contributed by atoms with van der Waals surface area (Å²) in [5.41, 5.74) is 4.82. The Kier molecular flexibility index (Phi) is 4.06. The van der Waals surface area contributed by atoms with Gasteiger partial charge in [-0.25, -0.2) is 4.39 Å². The number of H-pyrrole nitrogens is 2. The lowest BCUT2D eigenvalue weighted by Crippen LogP contribution is -2.36. The summed E-state index contributed by atoms with van der Waals surface area (Å²) in [5, 5.41) is 14.3. The van der Waals surface area contributed by atoms with Gasteiger partial charge in [-0.2, -0.15) is 10.2 Å². The molecule has 3 aromatic rings. The maximum Gasteiger partial charge on any atom is 0.258 e. The van der Waals surface area contributed by atoms with Gasteiger partial charge in [-0.3, -0.25) is 15.0 Å². The van der Waals surface area contributed by atoms with Gasteiger partial charge in [0.15, 0.2) is 0 Å². The van der Waals surface area contributed by atoms with Gasteiger partial charge in [-0.1, -0.05) is 26.0 Å². The van der Waals surface area contributed by atoms with Gasteiger partial charge in [0, 0.05) is 36.3 Å². The van der Waals surface area contributed by atoms with Gasteiger partial charge >= 0.3 is 0 Å². The second-order valence-electron chi connectivity index (χ2n) is 6.87. The first-order chi connectivity index (χ1) is 12.5. The Balaban J connectivity index is 1.64. The Bertz CT molecular complexity index is 959. The van der Waals surface area contributed by atoms with Gasteiger partial charge in [-0.05, 0) is 18.1 Å². The number of nitrogens with one attached hydrogen (secondary N) is 2. The molecule has 6 nitrogen and oxygen atoms in total. The smallest absolute Gasteiger partial charge is 0.258 e. The van der Waals surface area contributed by atoms with Gasteiger partial charge < -0.3 is 4.90 Å². The average molecular weight is 353 g/mol. The molecule has 0 bridgehead atoms. The largest absolute Gasteiger partial charge is 0.334 e. The predicted molar refractivity (Wildman–Crippen MR) is 95.1 cm³/mol. The summed E-state index contributed by atoms with van der Waals surface area (Å²) in [6, 6.07) is 6.15. The van der Waals surface area contributed by atoms with Gasteiger partial charge in [0.05, 0.1) is 23.1 Å². The maximum atomic E-state index is 13.6. The van der Waals surface area contributed by atoms with Crippen LogP contribution in [0.25, 0.3) is 11.3 Å². The van der Waals surface area contributed by atoms with Gasteiger partial charge in [0.25, 0.3) is 5.91 Å². The zero-order chi connectivity index (χ0) is 18.3. The number of hydrogen-bond acceptors (Lipinski definition) is 3. The van der Waals surface area contributed by atoms with Crippen molar-refractivity contribution in [1.29, 1.82) is 0 Å². The summed E-state index contributed by atoms with van der Waals surface area (Å²) in [6.45, 7) is 5.32. The summed E-state index contributed by atoms with van der Waals surface area (Å²) in [7, 11) is 0. The molecule has 0 atom stereocenters. The number of carbonyl (C=O) groups is 1. The summed E-state index contributed by atoms with van der Waals surface area (Å²) in [4.78, 5) is 14.9. The molecule has 2 N–H and O–H groups in total. The van der Waals surface area contributed by atoms with Crippen LogP contribution in [0.5, 0.6) is 0 Å². The number of aromatic nitrogens is 4. The fourth-order valence-electron chi connectivity index (χ4n) is 3.45. The Labute approximate surface area is 150 Å². The normalized spacial score (nSPS) is 13.9. The molecule has 0 saturated carbocycles. The Morgan fingerprint density at radius 3 is 2.92 bits per heavy atom. The van der Waals surface area contributed by atoms with Crippen molar-refractivity contribution in [3.05, 3.63) is 58.8 Å². The molecular formula is C19H20FN5O. The highest BCUT2D eigenvalue weighted by Gasteiger charge is 2.28. The summed E-state index contributed by atoms with van der Waals surface area (Å²) >= 11 is 0. The molecule has 1 aliphatic rings. The van der Waals surface area contributed by atoms with Crippen molar-refractivity contribution in [2.45, 2.75) is 32.7 Å². The van der Waals surface area contributed by atoms with Crippen LogP contribution in [0.4, 0.5) is 4.39 Å². The monoisotopic (exact) mass is 353 g/mol. The van der Waals surface area contributed by atoms with Crippen LogP contribution in [0.3, 0.4) is 0 Å². The van der Waals surface area contributed by atoms with Crippen LogP contribution in [0.15, 0.2) is 30.5 Å². The van der Waals surface area contributed by atoms with Crippen LogP contribution in [0, 0.1) is 5.82 Å². The molecule has 0 unspecified atom stereocenters. The molecule has 26 heavy (non-hydrogen) atoms. The van der Waals surface area contributed by atoms with Gasteiger partial charge in [-0.15, -0.1) is 0 Å². The summed E-state index contributed by atoms with van der Waals surface area (Å²) in [6.07, 6.45) is 2.25. The average Bonchev–Trinajstić information content (AvgIpc) is 3.27. The lowest BCUT2D eigenvalue weighted by Gasteiger charge is -2.27. The molecule has 0 aliphatic carbocycles. The number of hydrogen-bond donors (Lipinski definition) is 2. The molecule has 3 heterocycles. The van der Waals surface area contributed by atoms with Crippen molar-refractivity contribution in [3.8, 4) is 11.3 Å². The topological polar surface area (TPSA) is 77.7 Å². The number of amides is 1. The third kappa shape index (κ3) is 2.79. The number of nitrogens with zero attached hydrogens (tertiary/aromatic N) is 3. The zero-order valence-corrected chi connectivity index (χ0v) is 14.7. The molecule has 4 rings (SSSR count). The molecular weight excluding hydrogens is 333 g/mol. The van der Waals surface area contributed by atoms with E-state index >= 15 is 0 Å². The minimum atomic E-state index is -0.349. The van der Waals surface area contributed by atoms with E-state index in [2.05, 4.69) is 34.2 Å². The Hall–Kier alpha value is -2.96. The van der Waals surface area contributed by atoms with E-state index < -0.39 is 0 Å². The van der Waals surface area contributed by atoms with Crippen LogP contribution >= 0.6 is 0 Å². The molecule has 1 aromatic carbocycles. The third-order valence-electron chi connectivity index (χ3n) is 4.78. The number of rotatable bonds is 3. The van der Waals surface area contributed by atoms with Crippen molar-refractivity contribution >= 4 is 5.91 Å². The van der Waals surface area contributed by atoms with E-state index in [1.165, 1.54) is 18.3 Å². The van der Waals surface area contributed by atoms with Gasteiger partial charge in [0.1, 0.15) is 5.82 Å². The molecule has 1 amide bonds. The maximum absolute atomic E-state index is 13.6. The first-order valence-corrected chi connectivity index (χ1v) is 8.69. The van der Waals surface area contributed by atoms with Crippen LogP contribution in [0.1, 0.15) is 47.1 Å². The zero-order valence-electron chi connectivity index (χ0n) is 14.7. The second-order valence-corrected chi connectivity index (χ2v) is 6.87. The van der Waals surface area contributed by atoms with Crippen molar-refractivity contribution in [3.63, 3.8) is 0 Å². The minimum absolute atomic E-state index is 0.112. The first-order valence-electron chi connectivity index (χ1n) is 8.69. The molecule has 0 saturated heterocycles. The van der Waals surface area contributed by atoms with E-state index in [9.17, 15) is 9.18 Å². The van der Waals surface area contributed by atoms with Crippen molar-refractivity contribution in [1.82, 2.24) is 25.3 Å². The quantitative estimate of drug-likeness (QED) is 0.759. The van der Waals surface area contributed by atoms with E-state index in [4.69, 9.17) is 0 Å². The highest BCUT2D eigenvalue weighted by molar-refractivity contribution is 5.99. The summed E-state index contributed by atoms with van der Waals surface area (Å²) in [5.74, 6) is -0.167. The van der Waals surface area contributed by atoms with Crippen molar-refractivity contribution in [2.75, 3.05) is 6.54 Å². The number of benzene rings is 1. The predicted octanol–water partition coefficient (Wildman–Crippen LogP) is 3.26. The highest BCUT2D eigenvalue weighted by atomic mass is 19.1. The standard InChI is InChI=1S/C19H20FN5O/c1-11(2)17-15-10-25(7-6-16(15)22-24-17)19(26)14-9-21-23-18(14)12-4-3-5-13(20)8-12/h3-5,8-9,11H,6-7,10H2,1-2H3,(H,21,23)(H,22,24). The molecule has 7 heteroatoms. The van der Waals surface area contributed by atoms with Gasteiger partial charge in [0.2, 0.25) is 0 Å². The number of halogens is 1. The molecule has 0 radical (unpaired) electrons. The molecule has 0 spiro atoms. The minimum Gasteiger partial charge on any atom is -0.334 e. The van der Waals surface area contributed by atoms with E-state index in [1.807, 2.05) is 0 Å². The fourth-order valence-corrected chi connectivity index (χ4v) is 3.45. The van der Waals surface area contributed by atoms with Crippen molar-refractivity contribution < 1.29 is 9.18 Å². The first kappa shape index (κ1) is 16.5. The second kappa shape index (κ2) is 6.40. The summed E-state index contributed by atoms with van der Waals surface area (Å²) < 4.78 is 13.6. The lowest BCUT2D eigenvalue weighted by molar-refractivity contribution is 0.0734. The molecule has 2 aromatic heterocycles. The molecule has 0 fully saturated rings. The van der Waals surface area contributed by atoms with Crippen LogP contribution in [-0.4, -0.2) is 37.7 Å². The van der Waals surface area contributed by atoms with E-state index in [1.54, 1.807) is 17.0 Å². The van der Waals surface area contributed by atoms with E-state index in [-0.39, 0.29) is 11.7 Å². The number of carbonyl (C=O) groups excluding carboxylic acids is 1. The number of fused-ring (bicyclic) bond motifs is 1. The highest BCUT2D eigenvalue weighted by Crippen LogP contribution is 2.28. The fraction of sp³-hybridized carbons (Fsp3) is 0.316. The van der Waals surface area contributed by atoms with Crippen LogP contribution in [-0.2, 0) is 13.0 Å².